The Morgan fingerprint density at radius 2 is 1.75 bits per heavy atom. The van der Waals surface area contributed by atoms with Crippen molar-refractivity contribution in [3.63, 3.8) is 0 Å². The molecule has 0 bridgehead atoms. The van der Waals surface area contributed by atoms with Crippen molar-refractivity contribution < 1.29 is 26.8 Å². The Morgan fingerprint density at radius 1 is 1.12 bits per heavy atom. The summed E-state index contributed by atoms with van der Waals surface area (Å²) in [7, 11) is -2.55. The lowest BCUT2D eigenvalue weighted by Crippen LogP contribution is -2.38. The van der Waals surface area contributed by atoms with Crippen LogP contribution in [0, 0.1) is 11.7 Å². The molecular weight excluding hydrogens is 437 g/mol. The fraction of sp³-hybridized carbons (Fsp3) is 0.273. The fourth-order valence-electron chi connectivity index (χ4n) is 3.62. The molecule has 0 radical (unpaired) electrons. The predicted molar refractivity (Wildman–Crippen MR) is 114 cm³/mol. The Morgan fingerprint density at radius 3 is 2.31 bits per heavy atom. The van der Waals surface area contributed by atoms with Crippen molar-refractivity contribution in [2.75, 3.05) is 25.1 Å². The van der Waals surface area contributed by atoms with Gasteiger partial charge in [-0.05, 0) is 61.4 Å². The summed E-state index contributed by atoms with van der Waals surface area (Å²) < 4.78 is 51.2. The van der Waals surface area contributed by atoms with Crippen molar-refractivity contribution in [3.8, 4) is 17.2 Å². The minimum Gasteiger partial charge on any atom is -0.497 e. The summed E-state index contributed by atoms with van der Waals surface area (Å²) in [5.74, 6) is -0.346. The Balaban J connectivity index is 1.77. The van der Waals surface area contributed by atoms with Gasteiger partial charge in [0.25, 0.3) is 0 Å². The third kappa shape index (κ3) is 4.18. The zero-order valence-electron chi connectivity index (χ0n) is 17.3. The molecule has 3 aromatic rings. The molecule has 32 heavy (non-hydrogen) atoms. The summed E-state index contributed by atoms with van der Waals surface area (Å²) >= 11 is 0. The van der Waals surface area contributed by atoms with Crippen molar-refractivity contribution in [2.45, 2.75) is 22.8 Å². The van der Waals surface area contributed by atoms with E-state index in [0.717, 1.165) is 12.1 Å². The number of anilines is 1. The van der Waals surface area contributed by atoms with Crippen molar-refractivity contribution in [1.82, 2.24) is 4.98 Å². The first-order valence-electron chi connectivity index (χ1n) is 10.00. The average molecular weight is 459 g/mol. The zero-order chi connectivity index (χ0) is 22.9. The van der Waals surface area contributed by atoms with E-state index in [1.54, 1.807) is 36.3 Å². The molecule has 2 aromatic carbocycles. The van der Waals surface area contributed by atoms with Crippen molar-refractivity contribution in [1.29, 1.82) is 0 Å². The zero-order valence-corrected chi connectivity index (χ0v) is 18.1. The third-order valence-electron chi connectivity index (χ3n) is 5.48. The van der Waals surface area contributed by atoms with Gasteiger partial charge in [0, 0.05) is 24.6 Å². The monoisotopic (exact) mass is 459 g/mol. The van der Waals surface area contributed by atoms with Crippen LogP contribution in [0.15, 0.2) is 62.9 Å². The number of carbonyl (C=O) groups is 1. The topological polar surface area (TPSA) is 116 Å². The van der Waals surface area contributed by atoms with Gasteiger partial charge in [0.05, 0.1) is 12.0 Å². The molecule has 0 saturated carbocycles. The average Bonchev–Trinajstić information content (AvgIpc) is 3.26. The molecule has 1 aliphatic heterocycles. The molecule has 2 heterocycles. The number of amides is 1. The number of sulfone groups is 1. The number of carbonyl (C=O) groups excluding carboxylic acids is 1. The number of halogens is 1. The molecule has 0 spiro atoms. The van der Waals surface area contributed by atoms with E-state index in [0.29, 0.717) is 37.2 Å². The highest BCUT2D eigenvalue weighted by molar-refractivity contribution is 7.91. The van der Waals surface area contributed by atoms with Crippen LogP contribution in [0.25, 0.3) is 11.5 Å². The molecule has 1 amide bonds. The lowest BCUT2D eigenvalue weighted by atomic mass is 9.96. The number of nitrogens with two attached hydrogens (primary N) is 1. The van der Waals surface area contributed by atoms with E-state index < -0.39 is 15.7 Å². The minimum atomic E-state index is -4.10. The van der Waals surface area contributed by atoms with E-state index in [-0.39, 0.29) is 33.5 Å². The summed E-state index contributed by atoms with van der Waals surface area (Å²) in [5, 5.41) is -0.257. The maximum Gasteiger partial charge on any atom is 0.236 e. The Labute approximate surface area is 184 Å². The van der Waals surface area contributed by atoms with E-state index >= 15 is 0 Å². The van der Waals surface area contributed by atoms with E-state index in [9.17, 15) is 17.6 Å². The van der Waals surface area contributed by atoms with Crippen LogP contribution in [-0.2, 0) is 14.6 Å². The number of nitrogens with zero attached hydrogens (tertiary/aromatic N) is 2. The third-order valence-corrected chi connectivity index (χ3v) is 7.15. The first kappa shape index (κ1) is 21.8. The van der Waals surface area contributed by atoms with Crippen LogP contribution < -0.4 is 15.4 Å². The molecule has 2 N–H and O–H groups in total. The summed E-state index contributed by atoms with van der Waals surface area (Å²) in [6.07, 6.45) is 0.952. The first-order valence-corrected chi connectivity index (χ1v) is 11.5. The minimum absolute atomic E-state index is 0.0862. The largest absolute Gasteiger partial charge is 0.497 e. The van der Waals surface area contributed by atoms with Gasteiger partial charge in [-0.2, -0.15) is 4.98 Å². The summed E-state index contributed by atoms with van der Waals surface area (Å²) in [4.78, 5) is 17.5. The summed E-state index contributed by atoms with van der Waals surface area (Å²) in [6, 6.07) is 11.4. The molecule has 0 atom stereocenters. The number of aromatic nitrogens is 1. The van der Waals surface area contributed by atoms with Crippen LogP contribution in [-0.4, -0.2) is 39.5 Å². The van der Waals surface area contributed by atoms with Gasteiger partial charge in [0.15, 0.2) is 0 Å². The summed E-state index contributed by atoms with van der Waals surface area (Å²) in [6.45, 7) is 0.771. The van der Waals surface area contributed by atoms with E-state index in [2.05, 4.69) is 4.98 Å². The Kier molecular flexibility index (Phi) is 5.88. The number of primary amides is 1. The van der Waals surface area contributed by atoms with Crippen LogP contribution in [0.1, 0.15) is 12.8 Å². The Bertz CT molecular complexity index is 1220. The lowest BCUT2D eigenvalue weighted by molar-refractivity contribution is -0.122. The Hall–Kier alpha value is -3.40. The van der Waals surface area contributed by atoms with Gasteiger partial charge in [0.2, 0.25) is 32.5 Å². The number of piperidine rings is 1. The second kappa shape index (κ2) is 8.62. The number of hydrogen-bond donors (Lipinski definition) is 1. The molecule has 0 unspecified atom stereocenters. The van der Waals surface area contributed by atoms with E-state index in [4.69, 9.17) is 14.9 Å². The molecule has 1 saturated heterocycles. The second-order valence-electron chi connectivity index (χ2n) is 7.48. The highest BCUT2D eigenvalue weighted by atomic mass is 32.2. The maximum atomic E-state index is 13.4. The molecule has 10 heteroatoms. The smallest absolute Gasteiger partial charge is 0.236 e. The van der Waals surface area contributed by atoms with Crippen LogP contribution in [0.4, 0.5) is 10.3 Å². The second-order valence-corrected chi connectivity index (χ2v) is 9.34. The number of methoxy groups -OCH3 is 1. The summed E-state index contributed by atoms with van der Waals surface area (Å²) in [5.41, 5.74) is 5.98. The quantitative estimate of drug-likeness (QED) is 0.563. The molecule has 0 aliphatic carbocycles. The first-order chi connectivity index (χ1) is 15.3. The maximum absolute atomic E-state index is 13.4. The predicted octanol–water partition coefficient (Wildman–Crippen LogP) is 3.02. The van der Waals surface area contributed by atoms with Gasteiger partial charge >= 0.3 is 0 Å². The van der Waals surface area contributed by atoms with Gasteiger partial charge in [-0.15, -0.1) is 0 Å². The van der Waals surface area contributed by atoms with Crippen LogP contribution in [0.5, 0.6) is 5.75 Å². The van der Waals surface area contributed by atoms with Gasteiger partial charge in [-0.1, -0.05) is 0 Å². The normalized spacial score (nSPS) is 15.0. The standard InChI is InChI=1S/C22H22FN3O5S/c1-30-17-6-2-15(3-7-17)20-25-21(32(28,29)18-8-4-16(23)5-9-18)22(31-20)26-12-10-14(11-13-26)19(24)27/h2-9,14H,10-13H2,1H3,(H2,24,27). The molecule has 168 valence electrons. The van der Waals surface area contributed by atoms with Crippen molar-refractivity contribution in [3.05, 3.63) is 54.3 Å². The molecule has 8 nitrogen and oxygen atoms in total. The highest BCUT2D eigenvalue weighted by Crippen LogP contribution is 2.36. The number of rotatable bonds is 6. The number of ether oxygens (including phenoxy) is 1. The van der Waals surface area contributed by atoms with Gasteiger partial charge in [-0.3, -0.25) is 4.79 Å². The highest BCUT2D eigenvalue weighted by Gasteiger charge is 2.34. The van der Waals surface area contributed by atoms with Crippen LogP contribution >= 0.6 is 0 Å². The van der Waals surface area contributed by atoms with Gasteiger partial charge < -0.3 is 19.8 Å². The van der Waals surface area contributed by atoms with Crippen molar-refractivity contribution >= 4 is 21.6 Å². The number of benzene rings is 2. The lowest BCUT2D eigenvalue weighted by Gasteiger charge is -2.30. The van der Waals surface area contributed by atoms with E-state index in [1.165, 1.54) is 12.1 Å². The fourth-order valence-corrected chi connectivity index (χ4v) is 4.94. The van der Waals surface area contributed by atoms with Crippen LogP contribution in [0.2, 0.25) is 0 Å². The molecule has 1 aliphatic rings. The van der Waals surface area contributed by atoms with Gasteiger partial charge in [0.1, 0.15) is 11.6 Å². The van der Waals surface area contributed by atoms with Crippen LogP contribution in [0.3, 0.4) is 0 Å². The van der Waals surface area contributed by atoms with E-state index in [1.807, 2.05) is 0 Å². The molecule has 1 fully saturated rings. The molecular formula is C22H22FN3O5S. The number of hydrogen-bond acceptors (Lipinski definition) is 7. The number of oxazole rings is 1. The van der Waals surface area contributed by atoms with Crippen molar-refractivity contribution in [2.24, 2.45) is 11.7 Å². The molecule has 4 rings (SSSR count). The SMILES string of the molecule is COc1ccc(-c2nc(S(=O)(=O)c3ccc(F)cc3)c(N3CCC(C(N)=O)CC3)o2)cc1. The van der Waals surface area contributed by atoms with Gasteiger partial charge in [-0.25, -0.2) is 12.8 Å². The molecule has 1 aromatic heterocycles.